The monoisotopic (exact) mass is 267 g/mol. The summed E-state index contributed by atoms with van der Waals surface area (Å²) in [7, 11) is 0. The van der Waals surface area contributed by atoms with E-state index in [-0.39, 0.29) is 5.41 Å². The van der Waals surface area contributed by atoms with Gasteiger partial charge in [0.1, 0.15) is 0 Å². The summed E-state index contributed by atoms with van der Waals surface area (Å²) in [6.45, 7) is 5.77. The molecule has 18 heavy (non-hydrogen) atoms. The molecule has 0 radical (unpaired) electrons. The van der Waals surface area contributed by atoms with E-state index in [0.29, 0.717) is 0 Å². The number of fused-ring (bicyclic) bond motifs is 1. The molecule has 3 nitrogen and oxygen atoms in total. The van der Waals surface area contributed by atoms with Crippen molar-refractivity contribution >= 4 is 11.6 Å². The fourth-order valence-electron chi connectivity index (χ4n) is 3.78. The molecule has 0 spiro atoms. The Hall–Kier alpha value is -0.540. The highest BCUT2D eigenvalue weighted by atomic mass is 35.5. The Kier molecular flexibility index (Phi) is 2.94. The maximum atomic E-state index is 6.41. The molecule has 2 unspecified atom stereocenters. The third-order valence-corrected chi connectivity index (χ3v) is 5.38. The molecular formula is C14H22ClN3. The van der Waals surface area contributed by atoms with Gasteiger partial charge in [-0.25, -0.2) is 0 Å². The minimum atomic E-state index is 0.288. The Morgan fingerprint density at radius 1 is 1.44 bits per heavy atom. The number of hydrogen-bond donors (Lipinski definition) is 1. The summed E-state index contributed by atoms with van der Waals surface area (Å²) in [6, 6.07) is 0. The summed E-state index contributed by atoms with van der Waals surface area (Å²) in [4.78, 5) is 0. The van der Waals surface area contributed by atoms with Crippen molar-refractivity contribution < 1.29 is 0 Å². The molecule has 2 aliphatic carbocycles. The van der Waals surface area contributed by atoms with Gasteiger partial charge in [0, 0.05) is 6.54 Å². The molecule has 1 aromatic rings. The number of nitrogens with zero attached hydrogens (tertiary/aromatic N) is 2. The third-order valence-electron chi connectivity index (χ3n) is 4.89. The number of halogens is 1. The lowest BCUT2D eigenvalue weighted by molar-refractivity contribution is 0.266. The van der Waals surface area contributed by atoms with E-state index in [4.69, 9.17) is 17.3 Å². The smallest absolute Gasteiger partial charge is 0.0847 e. The van der Waals surface area contributed by atoms with Gasteiger partial charge in [0.2, 0.25) is 0 Å². The Morgan fingerprint density at radius 2 is 2.11 bits per heavy atom. The van der Waals surface area contributed by atoms with Crippen molar-refractivity contribution in [3.8, 4) is 0 Å². The second kappa shape index (κ2) is 4.24. The molecule has 0 aromatic carbocycles. The number of nitrogens with two attached hydrogens (primary N) is 1. The summed E-state index contributed by atoms with van der Waals surface area (Å²) in [5, 5.41) is 5.36. The van der Waals surface area contributed by atoms with Gasteiger partial charge in [0.05, 0.1) is 16.4 Å². The zero-order chi connectivity index (χ0) is 12.9. The van der Waals surface area contributed by atoms with E-state index >= 15 is 0 Å². The Labute approximate surface area is 114 Å². The lowest BCUT2D eigenvalue weighted by atomic mass is 9.78. The SMILES string of the molecule is CCn1nc(C)c(Cl)c1CC1(CN)CC2CC2C1. The van der Waals surface area contributed by atoms with Gasteiger partial charge in [0.25, 0.3) is 0 Å². The maximum absolute atomic E-state index is 6.41. The predicted molar refractivity (Wildman–Crippen MR) is 73.7 cm³/mol. The summed E-state index contributed by atoms with van der Waals surface area (Å²) in [5.74, 6) is 1.90. The maximum Gasteiger partial charge on any atom is 0.0847 e. The van der Waals surface area contributed by atoms with Gasteiger partial charge >= 0.3 is 0 Å². The van der Waals surface area contributed by atoms with Gasteiger partial charge < -0.3 is 5.73 Å². The fraction of sp³-hybridized carbons (Fsp3) is 0.786. The van der Waals surface area contributed by atoms with Crippen LogP contribution in [-0.4, -0.2) is 16.3 Å². The Morgan fingerprint density at radius 3 is 2.67 bits per heavy atom. The predicted octanol–water partition coefficient (Wildman–Crippen LogP) is 2.78. The number of rotatable bonds is 4. The van der Waals surface area contributed by atoms with Crippen LogP contribution in [0.1, 0.15) is 37.6 Å². The first kappa shape index (κ1) is 12.5. The second-order valence-corrected chi connectivity index (χ2v) is 6.58. The summed E-state index contributed by atoms with van der Waals surface area (Å²) < 4.78 is 2.05. The fourth-order valence-corrected chi connectivity index (χ4v) is 3.98. The van der Waals surface area contributed by atoms with Crippen LogP contribution < -0.4 is 5.73 Å². The minimum Gasteiger partial charge on any atom is -0.330 e. The van der Waals surface area contributed by atoms with Gasteiger partial charge in [-0.05, 0) is 63.3 Å². The van der Waals surface area contributed by atoms with Crippen LogP contribution in [0.5, 0.6) is 0 Å². The average molecular weight is 268 g/mol. The first-order valence-electron chi connectivity index (χ1n) is 7.00. The number of aryl methyl sites for hydroxylation is 2. The molecule has 1 aromatic heterocycles. The van der Waals surface area contributed by atoms with Gasteiger partial charge in [-0.3, -0.25) is 4.68 Å². The highest BCUT2D eigenvalue weighted by Gasteiger charge is 2.53. The van der Waals surface area contributed by atoms with Crippen molar-refractivity contribution in [1.82, 2.24) is 9.78 Å². The molecule has 0 saturated heterocycles. The van der Waals surface area contributed by atoms with Gasteiger partial charge in [-0.15, -0.1) is 0 Å². The van der Waals surface area contributed by atoms with Crippen LogP contribution in [0.3, 0.4) is 0 Å². The molecule has 100 valence electrons. The van der Waals surface area contributed by atoms with Crippen LogP contribution in [0.4, 0.5) is 0 Å². The Balaban J connectivity index is 1.87. The van der Waals surface area contributed by atoms with Crippen molar-refractivity contribution in [2.24, 2.45) is 23.0 Å². The number of aromatic nitrogens is 2. The molecule has 0 aliphatic heterocycles. The average Bonchev–Trinajstić information content (AvgIpc) is 2.90. The zero-order valence-corrected chi connectivity index (χ0v) is 12.0. The van der Waals surface area contributed by atoms with Crippen molar-refractivity contribution in [2.45, 2.75) is 46.1 Å². The van der Waals surface area contributed by atoms with Crippen molar-refractivity contribution in [1.29, 1.82) is 0 Å². The molecular weight excluding hydrogens is 246 g/mol. The van der Waals surface area contributed by atoms with Gasteiger partial charge in [-0.1, -0.05) is 11.6 Å². The molecule has 2 saturated carbocycles. The summed E-state index contributed by atoms with van der Waals surface area (Å²) >= 11 is 6.41. The van der Waals surface area contributed by atoms with Crippen LogP contribution in [-0.2, 0) is 13.0 Å². The molecule has 2 N–H and O–H groups in total. The van der Waals surface area contributed by atoms with Crippen LogP contribution >= 0.6 is 11.6 Å². The van der Waals surface area contributed by atoms with E-state index in [9.17, 15) is 0 Å². The van der Waals surface area contributed by atoms with E-state index in [1.165, 1.54) is 25.0 Å². The molecule has 0 bridgehead atoms. The topological polar surface area (TPSA) is 43.8 Å². The zero-order valence-electron chi connectivity index (χ0n) is 11.2. The molecule has 4 heteroatoms. The highest BCUT2D eigenvalue weighted by molar-refractivity contribution is 6.31. The summed E-state index contributed by atoms with van der Waals surface area (Å²) in [6.07, 6.45) is 5.02. The van der Waals surface area contributed by atoms with Crippen LogP contribution in [0, 0.1) is 24.2 Å². The van der Waals surface area contributed by atoms with E-state index < -0.39 is 0 Å². The first-order valence-corrected chi connectivity index (χ1v) is 7.38. The van der Waals surface area contributed by atoms with E-state index in [1.54, 1.807) is 0 Å². The molecule has 2 atom stereocenters. The Bertz CT molecular complexity index is 456. The molecule has 2 aliphatic rings. The van der Waals surface area contributed by atoms with Crippen LogP contribution in [0.25, 0.3) is 0 Å². The van der Waals surface area contributed by atoms with Crippen molar-refractivity contribution in [3.05, 3.63) is 16.4 Å². The van der Waals surface area contributed by atoms with Gasteiger partial charge in [0.15, 0.2) is 0 Å². The van der Waals surface area contributed by atoms with Crippen LogP contribution in [0.2, 0.25) is 5.02 Å². The minimum absolute atomic E-state index is 0.288. The van der Waals surface area contributed by atoms with Crippen molar-refractivity contribution in [3.63, 3.8) is 0 Å². The van der Waals surface area contributed by atoms with E-state index in [0.717, 1.165) is 42.1 Å². The largest absolute Gasteiger partial charge is 0.330 e. The second-order valence-electron chi connectivity index (χ2n) is 6.21. The molecule has 3 rings (SSSR count). The van der Waals surface area contributed by atoms with Crippen molar-refractivity contribution in [2.75, 3.05) is 6.54 Å². The normalized spacial score (nSPS) is 33.8. The lowest BCUT2D eigenvalue weighted by Crippen LogP contribution is -2.32. The van der Waals surface area contributed by atoms with E-state index in [2.05, 4.69) is 16.7 Å². The van der Waals surface area contributed by atoms with E-state index in [1.807, 2.05) is 6.92 Å². The van der Waals surface area contributed by atoms with Crippen LogP contribution in [0.15, 0.2) is 0 Å². The summed E-state index contributed by atoms with van der Waals surface area (Å²) in [5.41, 5.74) is 8.51. The number of hydrogen-bond acceptors (Lipinski definition) is 2. The van der Waals surface area contributed by atoms with Gasteiger partial charge in [-0.2, -0.15) is 5.10 Å². The molecule has 2 fully saturated rings. The first-order chi connectivity index (χ1) is 8.58. The molecule has 1 heterocycles. The lowest BCUT2D eigenvalue weighted by Gasteiger charge is -2.29. The quantitative estimate of drug-likeness (QED) is 0.912. The molecule has 0 amide bonds. The third kappa shape index (κ3) is 1.88. The highest BCUT2D eigenvalue weighted by Crippen LogP contribution is 2.60. The standard InChI is InChI=1S/C14H22ClN3/c1-3-18-12(13(15)9(2)17-18)7-14(8-16)5-10-4-11(10)6-14/h10-11H,3-8,16H2,1-2H3.